The SMILES string of the molecule is N#Cc1cccc(OCCSc2nnc(Cc3cccs3)n2C2CC2)c1. The topological polar surface area (TPSA) is 63.7 Å². The van der Waals surface area contributed by atoms with Crippen LogP contribution in [-0.4, -0.2) is 27.1 Å². The molecule has 0 saturated heterocycles. The Bertz CT molecular complexity index is 910. The molecule has 5 nitrogen and oxygen atoms in total. The number of nitrogens with zero attached hydrogens (tertiary/aromatic N) is 4. The fourth-order valence-electron chi connectivity index (χ4n) is 2.74. The van der Waals surface area contributed by atoms with Crippen LogP contribution in [0.5, 0.6) is 5.75 Å². The Balaban J connectivity index is 1.36. The summed E-state index contributed by atoms with van der Waals surface area (Å²) in [7, 11) is 0. The number of thiophene rings is 1. The molecule has 132 valence electrons. The Hall–Kier alpha value is -2.30. The lowest BCUT2D eigenvalue weighted by molar-refractivity contribution is 0.343. The molecule has 0 amide bonds. The first kappa shape index (κ1) is 17.1. The van der Waals surface area contributed by atoms with Gasteiger partial charge in [-0.1, -0.05) is 23.9 Å². The smallest absolute Gasteiger partial charge is 0.191 e. The van der Waals surface area contributed by atoms with E-state index in [1.807, 2.05) is 12.1 Å². The molecule has 0 aliphatic heterocycles. The zero-order valence-corrected chi connectivity index (χ0v) is 15.8. The number of aromatic nitrogens is 3. The summed E-state index contributed by atoms with van der Waals surface area (Å²) in [5.41, 5.74) is 0.613. The fourth-order valence-corrected chi connectivity index (χ4v) is 4.29. The van der Waals surface area contributed by atoms with Crippen LogP contribution >= 0.6 is 23.1 Å². The molecule has 1 aliphatic carbocycles. The van der Waals surface area contributed by atoms with E-state index in [0.717, 1.165) is 28.9 Å². The second-order valence-corrected chi connectivity index (χ2v) is 8.19. The summed E-state index contributed by atoms with van der Waals surface area (Å²) >= 11 is 3.44. The molecule has 4 rings (SSSR count). The molecular formula is C19H18N4OS2. The molecule has 7 heteroatoms. The van der Waals surface area contributed by atoms with E-state index in [-0.39, 0.29) is 0 Å². The van der Waals surface area contributed by atoms with Crippen molar-refractivity contribution in [2.75, 3.05) is 12.4 Å². The van der Waals surface area contributed by atoms with Gasteiger partial charge in [-0.3, -0.25) is 0 Å². The van der Waals surface area contributed by atoms with Crippen molar-refractivity contribution >= 4 is 23.1 Å². The van der Waals surface area contributed by atoms with E-state index >= 15 is 0 Å². The molecule has 2 aromatic heterocycles. The minimum Gasteiger partial charge on any atom is -0.493 e. The second kappa shape index (κ2) is 7.94. The molecule has 1 aliphatic rings. The average Bonchev–Trinajstić information content (AvgIpc) is 3.22. The van der Waals surface area contributed by atoms with E-state index in [2.05, 4.69) is 38.3 Å². The Morgan fingerprint density at radius 2 is 2.19 bits per heavy atom. The third kappa shape index (κ3) is 4.09. The van der Waals surface area contributed by atoms with Gasteiger partial charge in [-0.05, 0) is 42.5 Å². The number of rotatable bonds is 8. The molecule has 0 atom stereocenters. The Morgan fingerprint density at radius 3 is 2.96 bits per heavy atom. The third-order valence-corrected chi connectivity index (χ3v) is 5.89. The highest BCUT2D eigenvalue weighted by atomic mass is 32.2. The molecule has 1 aromatic carbocycles. The van der Waals surface area contributed by atoms with Crippen LogP contribution < -0.4 is 4.74 Å². The van der Waals surface area contributed by atoms with E-state index in [1.165, 1.54) is 17.7 Å². The standard InChI is InChI=1S/C19H18N4OS2/c20-13-14-3-1-4-16(11-14)24-8-10-26-19-22-21-18(23(19)15-6-7-15)12-17-5-2-9-25-17/h1-5,9,11,15H,6-8,10,12H2. The Labute approximate surface area is 160 Å². The van der Waals surface area contributed by atoms with Crippen molar-refractivity contribution in [2.45, 2.75) is 30.5 Å². The molecule has 2 heterocycles. The van der Waals surface area contributed by atoms with Gasteiger partial charge in [-0.2, -0.15) is 5.26 Å². The van der Waals surface area contributed by atoms with Gasteiger partial charge in [0.1, 0.15) is 11.6 Å². The number of thioether (sulfide) groups is 1. The molecule has 1 fully saturated rings. The van der Waals surface area contributed by atoms with Crippen LogP contribution in [0.2, 0.25) is 0 Å². The molecule has 0 spiro atoms. The summed E-state index contributed by atoms with van der Waals surface area (Å²) in [5.74, 6) is 2.58. The van der Waals surface area contributed by atoms with Crippen molar-refractivity contribution in [3.8, 4) is 11.8 Å². The number of nitriles is 1. The van der Waals surface area contributed by atoms with Gasteiger partial charge >= 0.3 is 0 Å². The van der Waals surface area contributed by atoms with Gasteiger partial charge < -0.3 is 9.30 Å². The lowest BCUT2D eigenvalue weighted by Crippen LogP contribution is -2.05. The van der Waals surface area contributed by atoms with Crippen molar-refractivity contribution in [1.82, 2.24) is 14.8 Å². The van der Waals surface area contributed by atoms with E-state index in [9.17, 15) is 0 Å². The highest BCUT2D eigenvalue weighted by Crippen LogP contribution is 2.39. The van der Waals surface area contributed by atoms with Crippen LogP contribution in [0.25, 0.3) is 0 Å². The van der Waals surface area contributed by atoms with Gasteiger partial charge in [0, 0.05) is 23.1 Å². The van der Waals surface area contributed by atoms with Crippen molar-refractivity contribution in [1.29, 1.82) is 5.26 Å². The Kier molecular flexibility index (Phi) is 5.23. The van der Waals surface area contributed by atoms with Crippen molar-refractivity contribution in [3.05, 3.63) is 58.0 Å². The predicted octanol–water partition coefficient (Wildman–Crippen LogP) is 4.31. The summed E-state index contributed by atoms with van der Waals surface area (Å²) in [6, 6.07) is 14.1. The minimum absolute atomic E-state index is 0.552. The van der Waals surface area contributed by atoms with E-state index < -0.39 is 0 Å². The summed E-state index contributed by atoms with van der Waals surface area (Å²) in [4.78, 5) is 1.32. The molecule has 3 aromatic rings. The van der Waals surface area contributed by atoms with Crippen LogP contribution in [0, 0.1) is 11.3 Å². The molecule has 0 N–H and O–H groups in total. The lowest BCUT2D eigenvalue weighted by Gasteiger charge is -2.09. The molecular weight excluding hydrogens is 364 g/mol. The zero-order chi connectivity index (χ0) is 17.8. The number of hydrogen-bond acceptors (Lipinski definition) is 6. The largest absolute Gasteiger partial charge is 0.493 e. The second-order valence-electron chi connectivity index (χ2n) is 6.09. The van der Waals surface area contributed by atoms with E-state index in [4.69, 9.17) is 10.00 Å². The number of hydrogen-bond donors (Lipinski definition) is 0. The predicted molar refractivity (Wildman–Crippen MR) is 103 cm³/mol. The van der Waals surface area contributed by atoms with Gasteiger partial charge in [-0.25, -0.2) is 0 Å². The monoisotopic (exact) mass is 382 g/mol. The molecule has 26 heavy (non-hydrogen) atoms. The summed E-state index contributed by atoms with van der Waals surface area (Å²) < 4.78 is 8.06. The maximum absolute atomic E-state index is 8.94. The van der Waals surface area contributed by atoms with E-state index in [0.29, 0.717) is 18.2 Å². The van der Waals surface area contributed by atoms with Crippen molar-refractivity contribution in [2.24, 2.45) is 0 Å². The fraction of sp³-hybridized carbons (Fsp3) is 0.316. The van der Waals surface area contributed by atoms with Crippen LogP contribution in [-0.2, 0) is 6.42 Å². The zero-order valence-electron chi connectivity index (χ0n) is 14.2. The third-order valence-electron chi connectivity index (χ3n) is 4.11. The Morgan fingerprint density at radius 1 is 1.27 bits per heavy atom. The molecule has 0 unspecified atom stereocenters. The first-order chi connectivity index (χ1) is 12.8. The normalized spacial score (nSPS) is 13.5. The lowest BCUT2D eigenvalue weighted by atomic mass is 10.2. The highest BCUT2D eigenvalue weighted by molar-refractivity contribution is 7.99. The van der Waals surface area contributed by atoms with Gasteiger partial charge in [0.25, 0.3) is 0 Å². The van der Waals surface area contributed by atoms with Crippen LogP contribution in [0.15, 0.2) is 46.9 Å². The van der Waals surface area contributed by atoms with Crippen LogP contribution in [0.4, 0.5) is 0 Å². The van der Waals surface area contributed by atoms with Gasteiger partial charge in [0.15, 0.2) is 5.16 Å². The maximum Gasteiger partial charge on any atom is 0.191 e. The highest BCUT2D eigenvalue weighted by Gasteiger charge is 2.29. The van der Waals surface area contributed by atoms with Gasteiger partial charge in [0.05, 0.1) is 18.2 Å². The molecule has 1 saturated carbocycles. The molecule has 0 radical (unpaired) electrons. The number of ether oxygens (including phenoxy) is 1. The quantitative estimate of drug-likeness (QED) is 0.429. The van der Waals surface area contributed by atoms with E-state index in [1.54, 1.807) is 35.2 Å². The van der Waals surface area contributed by atoms with Gasteiger partial charge in [0.2, 0.25) is 0 Å². The first-order valence-corrected chi connectivity index (χ1v) is 10.4. The number of benzene rings is 1. The van der Waals surface area contributed by atoms with Crippen molar-refractivity contribution < 1.29 is 4.74 Å². The van der Waals surface area contributed by atoms with Crippen LogP contribution in [0.1, 0.15) is 35.1 Å². The average molecular weight is 383 g/mol. The van der Waals surface area contributed by atoms with Crippen LogP contribution in [0.3, 0.4) is 0 Å². The summed E-state index contributed by atoms with van der Waals surface area (Å²) in [5, 5.41) is 20.9. The summed E-state index contributed by atoms with van der Waals surface area (Å²) in [6.45, 7) is 0.567. The molecule has 0 bridgehead atoms. The minimum atomic E-state index is 0.552. The maximum atomic E-state index is 8.94. The van der Waals surface area contributed by atoms with Gasteiger partial charge in [-0.15, -0.1) is 21.5 Å². The summed E-state index contributed by atoms with van der Waals surface area (Å²) in [6.07, 6.45) is 3.26. The first-order valence-electron chi connectivity index (χ1n) is 8.55. The van der Waals surface area contributed by atoms with Crippen molar-refractivity contribution in [3.63, 3.8) is 0 Å².